The van der Waals surface area contributed by atoms with Gasteiger partial charge in [-0.2, -0.15) is 0 Å². The molecule has 1 aliphatic carbocycles. The molecule has 3 rings (SSSR count). The molecule has 0 bridgehead atoms. The largest absolute Gasteiger partial charge is 0.385 e. The topological polar surface area (TPSA) is 20.2 Å². The highest BCUT2D eigenvalue weighted by atomic mass is 35.5. The van der Waals surface area contributed by atoms with E-state index in [-0.39, 0.29) is 0 Å². The first kappa shape index (κ1) is 14.9. The molecule has 0 radical (unpaired) electrons. The third kappa shape index (κ3) is 3.11. The summed E-state index contributed by atoms with van der Waals surface area (Å²) < 4.78 is 0. The van der Waals surface area contributed by atoms with Gasteiger partial charge < -0.3 is 5.11 Å². The Hall–Kier alpha value is -1.02. The summed E-state index contributed by atoms with van der Waals surface area (Å²) in [5, 5.41) is 12.6. The van der Waals surface area contributed by atoms with Gasteiger partial charge in [0.15, 0.2) is 0 Å². The van der Waals surface area contributed by atoms with Crippen LogP contribution < -0.4 is 0 Å². The number of hydrogen-bond donors (Lipinski definition) is 1. The van der Waals surface area contributed by atoms with Gasteiger partial charge in [-0.1, -0.05) is 47.5 Å². The number of hydrogen-bond acceptors (Lipinski definition) is 1. The van der Waals surface area contributed by atoms with Crippen molar-refractivity contribution in [1.29, 1.82) is 0 Å². The van der Waals surface area contributed by atoms with Crippen molar-refractivity contribution in [1.82, 2.24) is 0 Å². The van der Waals surface area contributed by atoms with Crippen LogP contribution >= 0.6 is 23.2 Å². The van der Waals surface area contributed by atoms with Crippen LogP contribution in [0.3, 0.4) is 0 Å². The number of halogens is 2. The van der Waals surface area contributed by atoms with Gasteiger partial charge in [0.05, 0.1) is 5.60 Å². The molecule has 110 valence electrons. The van der Waals surface area contributed by atoms with E-state index in [1.165, 1.54) is 5.56 Å². The highest BCUT2D eigenvalue weighted by Gasteiger charge is 2.33. The third-order valence-electron chi connectivity index (χ3n) is 4.30. The van der Waals surface area contributed by atoms with Gasteiger partial charge >= 0.3 is 0 Å². The van der Waals surface area contributed by atoms with Crippen LogP contribution in [-0.2, 0) is 18.4 Å². The van der Waals surface area contributed by atoms with E-state index in [4.69, 9.17) is 23.2 Å². The first-order valence-electron chi connectivity index (χ1n) is 7.33. The molecule has 0 aliphatic heterocycles. The number of rotatable bonds is 2. The molecule has 1 unspecified atom stereocenters. The van der Waals surface area contributed by atoms with Crippen molar-refractivity contribution in [3.63, 3.8) is 0 Å². The van der Waals surface area contributed by atoms with Crippen LogP contribution in [0.15, 0.2) is 42.5 Å². The quantitative estimate of drug-likeness (QED) is 0.758. The van der Waals surface area contributed by atoms with Gasteiger partial charge in [-0.25, -0.2) is 0 Å². The Bertz CT molecular complexity index is 653. The molecular formula is C18H18Cl2O. The maximum Gasteiger partial charge on any atom is 0.0939 e. The first-order chi connectivity index (χ1) is 10.1. The molecule has 2 aromatic rings. The maximum atomic E-state index is 11.3. The third-order valence-corrected chi connectivity index (χ3v) is 4.90. The predicted molar refractivity (Wildman–Crippen MR) is 88.1 cm³/mol. The minimum atomic E-state index is -0.860. The van der Waals surface area contributed by atoms with Crippen LogP contribution in [-0.4, -0.2) is 5.11 Å². The van der Waals surface area contributed by atoms with E-state index in [9.17, 15) is 5.11 Å². The Morgan fingerprint density at radius 1 is 1.05 bits per heavy atom. The van der Waals surface area contributed by atoms with Crippen LogP contribution in [0.5, 0.6) is 0 Å². The molecule has 0 heterocycles. The summed E-state index contributed by atoms with van der Waals surface area (Å²) in [4.78, 5) is 0. The molecule has 1 atom stereocenters. The van der Waals surface area contributed by atoms with E-state index >= 15 is 0 Å². The molecule has 3 heteroatoms. The molecule has 0 fully saturated rings. The smallest absolute Gasteiger partial charge is 0.0939 e. The van der Waals surface area contributed by atoms with Crippen molar-refractivity contribution in [2.75, 3.05) is 0 Å². The number of fused-ring (bicyclic) bond motifs is 1. The zero-order valence-electron chi connectivity index (χ0n) is 11.8. The molecular weight excluding hydrogens is 303 g/mol. The molecule has 2 aromatic carbocycles. The Morgan fingerprint density at radius 3 is 2.71 bits per heavy atom. The fraction of sp³-hybridized carbons (Fsp3) is 0.333. The molecule has 0 saturated heterocycles. The van der Waals surface area contributed by atoms with Gasteiger partial charge in [0.2, 0.25) is 0 Å². The minimum Gasteiger partial charge on any atom is -0.385 e. The first-order valence-corrected chi connectivity index (χ1v) is 8.09. The zero-order chi connectivity index (χ0) is 14.9. The number of aryl methyl sites for hydroxylation is 1. The molecule has 0 spiro atoms. The molecule has 21 heavy (non-hydrogen) atoms. The van der Waals surface area contributed by atoms with E-state index < -0.39 is 5.60 Å². The van der Waals surface area contributed by atoms with Gasteiger partial charge in [-0.05, 0) is 60.6 Å². The standard InChI is InChI=1S/C18H18Cl2O/c19-15-8-9-17(20)14(11-15)12-18(21)10-4-3-6-13-5-1-2-7-16(13)18/h1-2,5,7-9,11,21H,3-4,6,10,12H2. The second kappa shape index (κ2) is 6.00. The van der Waals surface area contributed by atoms with E-state index in [0.717, 1.165) is 36.8 Å². The number of aliphatic hydroxyl groups is 1. The second-order valence-corrected chi connectivity index (χ2v) is 6.65. The average Bonchev–Trinajstić information content (AvgIpc) is 2.63. The summed E-state index contributed by atoms with van der Waals surface area (Å²) in [5.41, 5.74) is 2.33. The Kier molecular flexibility index (Phi) is 4.26. The summed E-state index contributed by atoms with van der Waals surface area (Å²) in [6.07, 6.45) is 4.42. The highest BCUT2D eigenvalue weighted by molar-refractivity contribution is 6.33. The molecule has 1 N–H and O–H groups in total. The lowest BCUT2D eigenvalue weighted by atomic mass is 9.83. The van der Waals surface area contributed by atoms with E-state index in [2.05, 4.69) is 6.07 Å². The monoisotopic (exact) mass is 320 g/mol. The van der Waals surface area contributed by atoms with Gasteiger partial charge in [-0.15, -0.1) is 0 Å². The van der Waals surface area contributed by atoms with Crippen molar-refractivity contribution in [3.05, 3.63) is 69.2 Å². The fourth-order valence-electron chi connectivity index (χ4n) is 3.24. The van der Waals surface area contributed by atoms with Gasteiger partial charge in [0.25, 0.3) is 0 Å². The highest BCUT2D eigenvalue weighted by Crippen LogP contribution is 2.38. The van der Waals surface area contributed by atoms with E-state index in [1.54, 1.807) is 12.1 Å². The van der Waals surface area contributed by atoms with Crippen LogP contribution in [0.25, 0.3) is 0 Å². The number of benzene rings is 2. The lowest BCUT2D eigenvalue weighted by molar-refractivity contribution is 0.0272. The van der Waals surface area contributed by atoms with Crippen molar-refractivity contribution < 1.29 is 5.11 Å². The van der Waals surface area contributed by atoms with Gasteiger partial charge in [-0.3, -0.25) is 0 Å². The second-order valence-electron chi connectivity index (χ2n) is 5.81. The Morgan fingerprint density at radius 2 is 1.86 bits per heavy atom. The predicted octanol–water partition coefficient (Wildman–Crippen LogP) is 5.15. The summed E-state index contributed by atoms with van der Waals surface area (Å²) >= 11 is 12.3. The Balaban J connectivity index is 2.02. The lowest BCUT2D eigenvalue weighted by Gasteiger charge is -2.29. The minimum absolute atomic E-state index is 0.503. The van der Waals surface area contributed by atoms with Crippen LogP contribution in [0, 0.1) is 0 Å². The van der Waals surface area contributed by atoms with E-state index in [1.807, 2.05) is 24.3 Å². The lowest BCUT2D eigenvalue weighted by Crippen LogP contribution is -2.29. The van der Waals surface area contributed by atoms with Crippen LogP contribution in [0.4, 0.5) is 0 Å². The maximum absolute atomic E-state index is 11.3. The molecule has 0 saturated carbocycles. The van der Waals surface area contributed by atoms with Crippen LogP contribution in [0.2, 0.25) is 10.0 Å². The normalized spacial score (nSPS) is 21.7. The summed E-state index contributed by atoms with van der Waals surface area (Å²) in [6.45, 7) is 0. The van der Waals surface area contributed by atoms with Crippen molar-refractivity contribution in [2.24, 2.45) is 0 Å². The molecule has 0 aromatic heterocycles. The van der Waals surface area contributed by atoms with Crippen molar-refractivity contribution >= 4 is 23.2 Å². The molecule has 1 nitrogen and oxygen atoms in total. The molecule has 1 aliphatic rings. The summed E-state index contributed by atoms with van der Waals surface area (Å²) in [5.74, 6) is 0. The zero-order valence-corrected chi connectivity index (χ0v) is 13.3. The Labute approximate surface area is 135 Å². The fourth-order valence-corrected chi connectivity index (χ4v) is 3.62. The van der Waals surface area contributed by atoms with Gasteiger partial charge in [0, 0.05) is 16.5 Å². The molecule has 0 amide bonds. The summed E-state index contributed by atoms with van der Waals surface area (Å²) in [7, 11) is 0. The van der Waals surface area contributed by atoms with Crippen LogP contribution in [0.1, 0.15) is 36.0 Å². The van der Waals surface area contributed by atoms with Crippen molar-refractivity contribution in [3.8, 4) is 0 Å². The summed E-state index contributed by atoms with van der Waals surface area (Å²) in [6, 6.07) is 13.6. The average molecular weight is 321 g/mol. The van der Waals surface area contributed by atoms with Crippen molar-refractivity contribution in [2.45, 2.75) is 37.7 Å². The van der Waals surface area contributed by atoms with E-state index in [0.29, 0.717) is 16.5 Å². The SMILES string of the molecule is OC1(Cc2cc(Cl)ccc2Cl)CCCCc2ccccc21. The van der Waals surface area contributed by atoms with Gasteiger partial charge in [0.1, 0.15) is 0 Å².